The van der Waals surface area contributed by atoms with Crippen LogP contribution in [0.1, 0.15) is 59.5 Å². The first-order valence-corrected chi connectivity index (χ1v) is 12.1. The number of rotatable bonds is 4. The second-order valence-corrected chi connectivity index (χ2v) is 9.62. The number of carbonyl (C=O) groups is 2. The van der Waals surface area contributed by atoms with Crippen LogP contribution in [0.3, 0.4) is 0 Å². The fourth-order valence-electron chi connectivity index (χ4n) is 5.73. The lowest BCUT2D eigenvalue weighted by atomic mass is 9.73. The molecule has 2 amide bonds. The molecule has 1 N–H and O–H groups in total. The van der Waals surface area contributed by atoms with E-state index in [-0.39, 0.29) is 43.0 Å². The zero-order chi connectivity index (χ0) is 23.7. The first kappa shape index (κ1) is 22.6. The molecule has 3 fully saturated rings. The lowest BCUT2D eigenvalue weighted by molar-refractivity contribution is -0.159. The van der Waals surface area contributed by atoms with Crippen molar-refractivity contribution in [3.63, 3.8) is 0 Å². The predicted molar refractivity (Wildman–Crippen MR) is 126 cm³/mol. The third-order valence-electron chi connectivity index (χ3n) is 7.52. The van der Waals surface area contributed by atoms with Gasteiger partial charge in [0.1, 0.15) is 12.4 Å². The van der Waals surface area contributed by atoms with Crippen LogP contribution in [0.15, 0.2) is 48.5 Å². The van der Waals surface area contributed by atoms with Crippen LogP contribution in [0.4, 0.5) is 4.39 Å². The molecule has 3 aliphatic rings. The van der Waals surface area contributed by atoms with Crippen molar-refractivity contribution in [1.29, 1.82) is 0 Å². The number of fused-ring (bicyclic) bond motifs is 1. The van der Waals surface area contributed by atoms with Crippen LogP contribution in [0.5, 0.6) is 0 Å². The summed E-state index contributed by atoms with van der Waals surface area (Å²) in [5, 5.41) is 10.00. The average molecular weight is 461 g/mol. The highest BCUT2D eigenvalue weighted by Gasteiger charge is 2.54. The molecule has 3 atom stereocenters. The first-order chi connectivity index (χ1) is 16.5. The van der Waals surface area contributed by atoms with Gasteiger partial charge in [0.15, 0.2) is 0 Å². The largest absolute Gasteiger partial charge is 0.394 e. The van der Waals surface area contributed by atoms with Crippen molar-refractivity contribution in [1.82, 2.24) is 9.80 Å². The van der Waals surface area contributed by atoms with Gasteiger partial charge < -0.3 is 14.9 Å². The molecule has 2 aliphatic heterocycles. The van der Waals surface area contributed by atoms with Crippen molar-refractivity contribution in [2.24, 2.45) is 5.92 Å². The molecule has 0 spiro atoms. The minimum atomic E-state index is -0.408. The van der Waals surface area contributed by atoms with Crippen LogP contribution in [0.2, 0.25) is 0 Å². The van der Waals surface area contributed by atoms with Crippen molar-refractivity contribution in [3.05, 3.63) is 71.0 Å². The van der Waals surface area contributed by atoms with Crippen molar-refractivity contribution >= 4 is 11.8 Å². The Morgan fingerprint density at radius 1 is 1.06 bits per heavy atom. The number of piperazine rings is 1. The molecule has 0 unspecified atom stereocenters. The van der Waals surface area contributed by atoms with E-state index in [0.717, 1.165) is 23.5 Å². The van der Waals surface area contributed by atoms with E-state index >= 15 is 0 Å². The highest BCUT2D eigenvalue weighted by atomic mass is 19.1. The average Bonchev–Trinajstić information content (AvgIpc) is 3.35. The molecule has 34 heavy (non-hydrogen) atoms. The Labute approximate surface area is 199 Å². The summed E-state index contributed by atoms with van der Waals surface area (Å²) in [5.74, 6) is 6.40. The van der Waals surface area contributed by atoms with Gasteiger partial charge >= 0.3 is 0 Å². The number of hydrogen-bond donors (Lipinski definition) is 1. The van der Waals surface area contributed by atoms with Crippen LogP contribution in [-0.4, -0.2) is 58.5 Å². The zero-order valence-corrected chi connectivity index (χ0v) is 19.1. The smallest absolute Gasteiger partial charge is 0.254 e. The van der Waals surface area contributed by atoms with Gasteiger partial charge in [-0.2, -0.15) is 0 Å². The maximum Gasteiger partial charge on any atom is 0.254 e. The Morgan fingerprint density at radius 2 is 1.76 bits per heavy atom. The Balaban J connectivity index is 1.29. The molecule has 5 rings (SSSR count). The third-order valence-corrected chi connectivity index (χ3v) is 7.52. The molecular weight excluding hydrogens is 431 g/mol. The molecule has 0 aromatic heterocycles. The lowest BCUT2D eigenvalue weighted by Gasteiger charge is -2.58. The van der Waals surface area contributed by atoms with Gasteiger partial charge in [-0.25, -0.2) is 4.39 Å². The quantitative estimate of drug-likeness (QED) is 0.710. The van der Waals surface area contributed by atoms with Gasteiger partial charge in [0.2, 0.25) is 5.91 Å². The van der Waals surface area contributed by atoms with Gasteiger partial charge in [0, 0.05) is 30.0 Å². The summed E-state index contributed by atoms with van der Waals surface area (Å²) in [6.07, 6.45) is 6.17. The molecule has 2 aromatic rings. The summed E-state index contributed by atoms with van der Waals surface area (Å²) in [4.78, 5) is 29.0. The summed E-state index contributed by atoms with van der Waals surface area (Å²) in [5.41, 5.74) is 2.36. The van der Waals surface area contributed by atoms with E-state index in [1.807, 2.05) is 24.3 Å². The molecule has 2 aromatic carbocycles. The van der Waals surface area contributed by atoms with Gasteiger partial charge in [0.05, 0.1) is 18.7 Å². The lowest BCUT2D eigenvalue weighted by Crippen LogP contribution is -2.73. The van der Waals surface area contributed by atoms with Gasteiger partial charge in [0.25, 0.3) is 5.91 Å². The van der Waals surface area contributed by atoms with Crippen molar-refractivity contribution in [2.45, 2.75) is 50.1 Å². The Bertz CT molecular complexity index is 1110. The van der Waals surface area contributed by atoms with E-state index in [1.165, 1.54) is 54.8 Å². The van der Waals surface area contributed by atoms with Crippen LogP contribution < -0.4 is 0 Å². The summed E-state index contributed by atoms with van der Waals surface area (Å²) in [6, 6.07) is 12.9. The van der Waals surface area contributed by atoms with E-state index in [4.69, 9.17) is 0 Å². The standard InChI is InChI=1S/C28H29FN2O3/c29-23-14-12-22(13-15-23)28(34)30-16-24-27(25(18-32)31(24)26(33)17-30)21-10-8-20(9-11-21)7-3-6-19-4-1-2-5-19/h8-15,19,24-25,27,32H,1-2,4-6,16-18H2/t24-,25-,27+/m1/s1. The molecule has 6 heteroatoms. The molecule has 1 aliphatic carbocycles. The SMILES string of the molecule is O=C(c1ccc(F)cc1)N1CC(=O)N2[C@H](CO)[C@@H](c3ccc(C#CCC4CCCC4)cc3)[C@H]2C1. The molecule has 2 saturated heterocycles. The Hall–Kier alpha value is -3.17. The summed E-state index contributed by atoms with van der Waals surface area (Å²) in [6.45, 7) is 0.222. The van der Waals surface area contributed by atoms with Crippen LogP contribution in [0.25, 0.3) is 0 Å². The molecule has 5 nitrogen and oxygen atoms in total. The number of halogens is 1. The zero-order valence-electron chi connectivity index (χ0n) is 19.1. The van der Waals surface area contributed by atoms with E-state index < -0.39 is 5.82 Å². The molecule has 1 saturated carbocycles. The van der Waals surface area contributed by atoms with E-state index in [1.54, 1.807) is 4.90 Å². The second kappa shape index (κ2) is 9.60. The monoisotopic (exact) mass is 460 g/mol. The van der Waals surface area contributed by atoms with Crippen LogP contribution in [-0.2, 0) is 4.79 Å². The molecular formula is C28H29FN2O3. The number of carbonyl (C=O) groups excluding carboxylic acids is 2. The third kappa shape index (κ3) is 4.33. The predicted octanol–water partition coefficient (Wildman–Crippen LogP) is 3.57. The number of benzene rings is 2. The van der Waals surface area contributed by atoms with Crippen LogP contribution >= 0.6 is 0 Å². The number of amides is 2. The van der Waals surface area contributed by atoms with Crippen molar-refractivity contribution < 1.29 is 19.1 Å². The molecule has 0 radical (unpaired) electrons. The van der Waals surface area contributed by atoms with Crippen molar-refractivity contribution in [3.8, 4) is 11.8 Å². The maximum absolute atomic E-state index is 13.2. The molecule has 176 valence electrons. The Morgan fingerprint density at radius 3 is 2.44 bits per heavy atom. The summed E-state index contributed by atoms with van der Waals surface area (Å²) >= 11 is 0. The maximum atomic E-state index is 13.2. The minimum Gasteiger partial charge on any atom is -0.394 e. The second-order valence-electron chi connectivity index (χ2n) is 9.62. The van der Waals surface area contributed by atoms with E-state index in [0.29, 0.717) is 12.1 Å². The van der Waals surface area contributed by atoms with Gasteiger partial charge in [-0.3, -0.25) is 9.59 Å². The van der Waals surface area contributed by atoms with Crippen molar-refractivity contribution in [2.75, 3.05) is 19.7 Å². The number of aliphatic hydroxyl groups excluding tert-OH is 1. The molecule has 2 heterocycles. The van der Waals surface area contributed by atoms with Gasteiger partial charge in [-0.05, 0) is 60.7 Å². The highest BCUT2D eigenvalue weighted by Crippen LogP contribution is 2.43. The fourth-order valence-corrected chi connectivity index (χ4v) is 5.73. The highest BCUT2D eigenvalue weighted by molar-refractivity contribution is 5.97. The topological polar surface area (TPSA) is 60.9 Å². The normalized spacial score (nSPS) is 24.3. The first-order valence-electron chi connectivity index (χ1n) is 12.1. The number of hydrogen-bond acceptors (Lipinski definition) is 3. The number of aliphatic hydroxyl groups is 1. The fraction of sp³-hybridized carbons (Fsp3) is 0.429. The number of nitrogens with zero attached hydrogens (tertiary/aromatic N) is 2. The summed E-state index contributed by atoms with van der Waals surface area (Å²) < 4.78 is 13.2. The minimum absolute atomic E-state index is 0.0363. The molecule has 0 bridgehead atoms. The Kier molecular flexibility index (Phi) is 6.38. The van der Waals surface area contributed by atoms with E-state index in [9.17, 15) is 19.1 Å². The van der Waals surface area contributed by atoms with Crippen LogP contribution in [0, 0.1) is 23.6 Å². The van der Waals surface area contributed by atoms with E-state index in [2.05, 4.69) is 11.8 Å². The summed E-state index contributed by atoms with van der Waals surface area (Å²) in [7, 11) is 0. The van der Waals surface area contributed by atoms with Gasteiger partial charge in [-0.1, -0.05) is 36.8 Å². The van der Waals surface area contributed by atoms with Gasteiger partial charge in [-0.15, -0.1) is 0 Å².